The second-order valence-corrected chi connectivity index (χ2v) is 2.63. The second kappa shape index (κ2) is 4.22. The van der Waals surface area contributed by atoms with Crippen molar-refractivity contribution in [3.63, 3.8) is 0 Å². The molecule has 2 N–H and O–H groups in total. The SMILES string of the molecule is CC(C)CC(NF)C(=O)O. The molecule has 1 unspecified atom stereocenters. The molecule has 10 heavy (non-hydrogen) atoms. The van der Waals surface area contributed by atoms with Crippen LogP contribution in [0.1, 0.15) is 20.3 Å². The number of hydrogen-bond donors (Lipinski definition) is 2. The van der Waals surface area contributed by atoms with Gasteiger partial charge < -0.3 is 5.11 Å². The number of carboxylic acid groups (broad SMARTS) is 1. The maximum absolute atomic E-state index is 11.6. The summed E-state index contributed by atoms with van der Waals surface area (Å²) in [5.74, 6) is -0.958. The van der Waals surface area contributed by atoms with Gasteiger partial charge in [-0.3, -0.25) is 4.79 Å². The zero-order chi connectivity index (χ0) is 8.15. The standard InChI is InChI=1S/C6H12FNO2/c1-4(2)3-5(8-7)6(9)10/h4-5,8H,3H2,1-2H3,(H,9,10). The zero-order valence-electron chi connectivity index (χ0n) is 6.10. The third kappa shape index (κ3) is 3.40. The molecule has 0 aliphatic heterocycles. The summed E-state index contributed by atoms with van der Waals surface area (Å²) in [5.41, 5.74) is 1.23. The molecule has 4 heteroatoms. The molecule has 0 aliphatic carbocycles. The molecular formula is C6H12FNO2. The summed E-state index contributed by atoms with van der Waals surface area (Å²) in [4.78, 5) is 10.2. The quantitative estimate of drug-likeness (QED) is 0.585. The minimum Gasteiger partial charge on any atom is -0.480 e. The molecule has 0 aromatic carbocycles. The lowest BCUT2D eigenvalue weighted by molar-refractivity contribution is -0.141. The number of rotatable bonds is 4. The van der Waals surface area contributed by atoms with Crippen molar-refractivity contribution < 1.29 is 14.4 Å². The van der Waals surface area contributed by atoms with Crippen LogP contribution in [0, 0.1) is 5.92 Å². The van der Waals surface area contributed by atoms with Crippen molar-refractivity contribution in [2.75, 3.05) is 0 Å². The van der Waals surface area contributed by atoms with Crippen LogP contribution in [-0.2, 0) is 4.79 Å². The summed E-state index contributed by atoms with van der Waals surface area (Å²) >= 11 is 0. The van der Waals surface area contributed by atoms with Gasteiger partial charge in [0.1, 0.15) is 6.04 Å². The Kier molecular flexibility index (Phi) is 3.95. The molecule has 0 rings (SSSR count). The molecule has 0 radical (unpaired) electrons. The van der Waals surface area contributed by atoms with Crippen LogP contribution in [0.3, 0.4) is 0 Å². The van der Waals surface area contributed by atoms with Gasteiger partial charge in [0.25, 0.3) is 0 Å². The van der Waals surface area contributed by atoms with E-state index in [1.807, 2.05) is 13.8 Å². The van der Waals surface area contributed by atoms with Crippen molar-refractivity contribution in [1.82, 2.24) is 5.54 Å². The van der Waals surface area contributed by atoms with E-state index in [4.69, 9.17) is 5.11 Å². The number of nitrogens with one attached hydrogen (secondary N) is 1. The summed E-state index contributed by atoms with van der Waals surface area (Å²) in [6, 6.07) is -1.06. The van der Waals surface area contributed by atoms with E-state index in [2.05, 4.69) is 0 Å². The highest BCUT2D eigenvalue weighted by Gasteiger charge is 2.17. The number of carboxylic acids is 1. The van der Waals surface area contributed by atoms with Gasteiger partial charge in [-0.15, -0.1) is 10.0 Å². The lowest BCUT2D eigenvalue weighted by Gasteiger charge is -2.09. The molecular weight excluding hydrogens is 137 g/mol. The highest BCUT2D eigenvalue weighted by Crippen LogP contribution is 2.04. The van der Waals surface area contributed by atoms with Gasteiger partial charge in [0.15, 0.2) is 0 Å². The molecule has 0 saturated heterocycles. The molecule has 3 nitrogen and oxygen atoms in total. The minimum atomic E-state index is -1.14. The Morgan fingerprint density at radius 3 is 2.30 bits per heavy atom. The van der Waals surface area contributed by atoms with E-state index < -0.39 is 12.0 Å². The first-order valence-corrected chi connectivity index (χ1v) is 3.17. The fourth-order valence-electron chi connectivity index (χ4n) is 0.663. The van der Waals surface area contributed by atoms with Crippen LogP contribution in [0.2, 0.25) is 0 Å². The Balaban J connectivity index is 3.72. The normalized spacial score (nSPS) is 13.6. The zero-order valence-corrected chi connectivity index (χ0v) is 6.10. The summed E-state index contributed by atoms with van der Waals surface area (Å²) in [5, 5.41) is 8.32. The lowest BCUT2D eigenvalue weighted by atomic mass is 10.1. The first kappa shape index (κ1) is 9.36. The molecule has 0 spiro atoms. The van der Waals surface area contributed by atoms with Crippen molar-refractivity contribution in [3.8, 4) is 0 Å². The third-order valence-electron chi connectivity index (χ3n) is 1.14. The van der Waals surface area contributed by atoms with Crippen molar-refractivity contribution in [2.45, 2.75) is 26.3 Å². The van der Waals surface area contributed by atoms with E-state index in [9.17, 15) is 9.28 Å². The molecule has 0 aliphatic rings. The van der Waals surface area contributed by atoms with Crippen LogP contribution in [0.25, 0.3) is 0 Å². The van der Waals surface area contributed by atoms with Gasteiger partial charge in [-0.1, -0.05) is 13.8 Å². The molecule has 0 saturated carbocycles. The molecule has 0 aromatic heterocycles. The second-order valence-electron chi connectivity index (χ2n) is 2.63. The van der Waals surface area contributed by atoms with E-state index >= 15 is 0 Å². The average Bonchev–Trinajstić information content (AvgIpc) is 1.81. The Bertz CT molecular complexity index is 116. The van der Waals surface area contributed by atoms with Crippen molar-refractivity contribution in [3.05, 3.63) is 0 Å². The Morgan fingerprint density at radius 1 is 1.70 bits per heavy atom. The van der Waals surface area contributed by atoms with E-state index in [1.165, 1.54) is 5.54 Å². The predicted octanol–water partition coefficient (Wildman–Crippen LogP) is 0.960. The summed E-state index contributed by atoms with van der Waals surface area (Å²) < 4.78 is 11.6. The van der Waals surface area contributed by atoms with Crippen LogP contribution in [0.4, 0.5) is 4.48 Å². The minimum absolute atomic E-state index is 0.185. The maximum Gasteiger partial charge on any atom is 0.323 e. The molecule has 0 bridgehead atoms. The fourth-order valence-corrected chi connectivity index (χ4v) is 0.663. The topological polar surface area (TPSA) is 49.3 Å². The molecule has 1 atom stereocenters. The van der Waals surface area contributed by atoms with E-state index in [-0.39, 0.29) is 5.92 Å². The Labute approximate surface area is 59.2 Å². The number of aliphatic carboxylic acids is 1. The summed E-state index contributed by atoms with van der Waals surface area (Å²) in [6.45, 7) is 3.68. The Morgan fingerprint density at radius 2 is 2.20 bits per heavy atom. The van der Waals surface area contributed by atoms with Gasteiger partial charge in [0, 0.05) is 0 Å². The molecule has 0 heterocycles. The van der Waals surface area contributed by atoms with Gasteiger partial charge in [-0.05, 0) is 12.3 Å². The molecule has 0 amide bonds. The van der Waals surface area contributed by atoms with Gasteiger partial charge in [0.05, 0.1) is 0 Å². The number of carbonyl (C=O) groups is 1. The molecule has 0 fully saturated rings. The number of hydrogen-bond acceptors (Lipinski definition) is 2. The van der Waals surface area contributed by atoms with Crippen molar-refractivity contribution in [1.29, 1.82) is 0 Å². The number of halogens is 1. The average molecular weight is 149 g/mol. The highest BCUT2D eigenvalue weighted by molar-refractivity contribution is 5.73. The highest BCUT2D eigenvalue weighted by atomic mass is 19.2. The first-order chi connectivity index (χ1) is 4.57. The van der Waals surface area contributed by atoms with Crippen LogP contribution in [0.15, 0.2) is 0 Å². The van der Waals surface area contributed by atoms with Gasteiger partial charge in [-0.2, -0.15) is 0 Å². The van der Waals surface area contributed by atoms with Gasteiger partial charge in [0.2, 0.25) is 0 Å². The maximum atomic E-state index is 11.6. The monoisotopic (exact) mass is 149 g/mol. The lowest BCUT2D eigenvalue weighted by Crippen LogP contribution is -2.32. The van der Waals surface area contributed by atoms with Gasteiger partial charge in [-0.25, -0.2) is 0 Å². The van der Waals surface area contributed by atoms with Crippen LogP contribution in [-0.4, -0.2) is 17.1 Å². The Hall–Kier alpha value is -0.640. The van der Waals surface area contributed by atoms with Crippen LogP contribution in [0.5, 0.6) is 0 Å². The van der Waals surface area contributed by atoms with E-state index in [0.29, 0.717) is 6.42 Å². The third-order valence-corrected chi connectivity index (χ3v) is 1.14. The van der Waals surface area contributed by atoms with Gasteiger partial charge >= 0.3 is 5.97 Å². The van der Waals surface area contributed by atoms with E-state index in [1.54, 1.807) is 0 Å². The first-order valence-electron chi connectivity index (χ1n) is 3.17. The van der Waals surface area contributed by atoms with Crippen molar-refractivity contribution >= 4 is 5.97 Å². The van der Waals surface area contributed by atoms with E-state index in [0.717, 1.165) is 0 Å². The van der Waals surface area contributed by atoms with Crippen LogP contribution < -0.4 is 5.54 Å². The van der Waals surface area contributed by atoms with Crippen molar-refractivity contribution in [2.24, 2.45) is 5.92 Å². The fraction of sp³-hybridized carbons (Fsp3) is 0.833. The largest absolute Gasteiger partial charge is 0.480 e. The summed E-state index contributed by atoms with van der Waals surface area (Å²) in [7, 11) is 0. The summed E-state index contributed by atoms with van der Waals surface area (Å²) in [6.07, 6.45) is 0.311. The van der Waals surface area contributed by atoms with Crippen LogP contribution >= 0.6 is 0 Å². The molecule has 0 aromatic rings. The molecule has 60 valence electrons. The predicted molar refractivity (Wildman–Crippen MR) is 35.1 cm³/mol. The smallest absolute Gasteiger partial charge is 0.323 e.